The van der Waals surface area contributed by atoms with Gasteiger partial charge in [-0.2, -0.15) is 0 Å². The van der Waals surface area contributed by atoms with Crippen LogP contribution < -0.4 is 15.1 Å². The van der Waals surface area contributed by atoms with Gasteiger partial charge in [0.1, 0.15) is 17.1 Å². The first-order valence-corrected chi connectivity index (χ1v) is 13.4. The van der Waals surface area contributed by atoms with Crippen LogP contribution in [-0.2, 0) is 11.2 Å². The van der Waals surface area contributed by atoms with Crippen molar-refractivity contribution in [2.75, 3.05) is 33.9 Å². The van der Waals surface area contributed by atoms with Crippen molar-refractivity contribution in [1.29, 1.82) is 0 Å². The lowest BCUT2D eigenvalue weighted by Gasteiger charge is -2.54. The largest absolute Gasteiger partial charge is 0.496 e. The molecule has 3 saturated heterocycles. The number of likely N-dealkylation sites (tertiary alicyclic amines) is 1. The quantitative estimate of drug-likeness (QED) is 0.473. The van der Waals surface area contributed by atoms with Gasteiger partial charge >= 0.3 is 5.63 Å². The third kappa shape index (κ3) is 3.83. The fraction of sp³-hybridized carbons (Fsp3) is 0.586. The Morgan fingerprint density at radius 3 is 2.81 bits per heavy atom. The number of amides is 1. The Kier molecular flexibility index (Phi) is 6.06. The maximum absolute atomic E-state index is 13.8. The molecule has 1 amide bonds. The molecule has 36 heavy (non-hydrogen) atoms. The molecule has 0 unspecified atom stereocenters. The second-order valence-electron chi connectivity index (χ2n) is 11.0. The molecule has 192 valence electrons. The van der Waals surface area contributed by atoms with Crippen LogP contribution in [0.4, 0.5) is 0 Å². The van der Waals surface area contributed by atoms with E-state index in [-0.39, 0.29) is 18.4 Å². The second-order valence-corrected chi connectivity index (χ2v) is 11.0. The number of piperidine rings is 3. The normalized spacial score (nSPS) is 27.8. The van der Waals surface area contributed by atoms with E-state index in [1.807, 2.05) is 6.92 Å². The number of fused-ring (bicyclic) bond motifs is 7. The van der Waals surface area contributed by atoms with Crippen LogP contribution in [0.3, 0.4) is 0 Å². The predicted octanol–water partition coefficient (Wildman–Crippen LogP) is 4.08. The van der Waals surface area contributed by atoms with Gasteiger partial charge < -0.3 is 18.8 Å². The molecule has 0 saturated carbocycles. The monoisotopic (exact) mass is 492 g/mol. The van der Waals surface area contributed by atoms with E-state index in [4.69, 9.17) is 13.9 Å². The highest BCUT2D eigenvalue weighted by atomic mass is 16.5. The zero-order valence-electron chi connectivity index (χ0n) is 21.5. The number of hydrogen-bond acceptors (Lipinski definition) is 6. The van der Waals surface area contributed by atoms with E-state index in [1.54, 1.807) is 26.4 Å². The number of carbonyl (C=O) groups excluding carboxylic acids is 1. The van der Waals surface area contributed by atoms with E-state index in [2.05, 4.69) is 15.9 Å². The molecule has 4 atom stereocenters. The Hall–Kier alpha value is -2.80. The number of benzene rings is 1. The minimum atomic E-state index is -0.464. The van der Waals surface area contributed by atoms with Crippen LogP contribution in [0.5, 0.6) is 11.5 Å². The Morgan fingerprint density at radius 2 is 2.00 bits per heavy atom. The molecular weight excluding hydrogens is 456 g/mol. The van der Waals surface area contributed by atoms with Crippen molar-refractivity contribution >= 4 is 16.9 Å². The molecule has 4 aliphatic rings. The van der Waals surface area contributed by atoms with Gasteiger partial charge in [-0.05, 0) is 63.0 Å². The average molecular weight is 493 g/mol. The Balaban J connectivity index is 1.31. The van der Waals surface area contributed by atoms with E-state index in [1.165, 1.54) is 37.8 Å². The minimum absolute atomic E-state index is 0.0204. The molecule has 7 nitrogen and oxygen atoms in total. The van der Waals surface area contributed by atoms with Gasteiger partial charge in [-0.25, -0.2) is 4.79 Å². The summed E-state index contributed by atoms with van der Waals surface area (Å²) in [6.45, 7) is 4.90. The number of hydrogen-bond donors (Lipinski definition) is 0. The van der Waals surface area contributed by atoms with Crippen molar-refractivity contribution in [3.63, 3.8) is 0 Å². The maximum Gasteiger partial charge on any atom is 0.340 e. The summed E-state index contributed by atoms with van der Waals surface area (Å²) in [6.07, 6.45) is 9.75. The number of rotatable bonds is 4. The highest BCUT2D eigenvalue weighted by molar-refractivity contribution is 5.90. The molecule has 3 fully saturated rings. The number of methoxy groups -OCH3 is 2. The van der Waals surface area contributed by atoms with Crippen LogP contribution in [0.25, 0.3) is 11.0 Å². The van der Waals surface area contributed by atoms with Gasteiger partial charge in [0.05, 0.1) is 37.6 Å². The van der Waals surface area contributed by atoms with Crippen molar-refractivity contribution in [3.8, 4) is 11.5 Å². The fourth-order valence-corrected chi connectivity index (χ4v) is 7.47. The Bertz CT molecular complexity index is 1280. The van der Waals surface area contributed by atoms with Crippen LogP contribution in [0.2, 0.25) is 0 Å². The number of aryl methyl sites for hydroxylation is 1. The van der Waals surface area contributed by atoms with Gasteiger partial charge in [-0.1, -0.05) is 18.1 Å². The molecule has 6 rings (SSSR count). The molecule has 2 aromatic rings. The summed E-state index contributed by atoms with van der Waals surface area (Å²) < 4.78 is 16.6. The standard InChI is InChI=1S/C29H36N2O5/c1-17-22(29(33)36-25-14-21(34-2)13-24(35-3)27(17)25)15-26(32)31-10-6-7-18-11-19-12-20(28(18)31)16-30-9-5-4-8-23(19)30/h11,13-14,19-20,23,28H,4-10,12,15-16H2,1-3H3/t19-,20+,23-,28-/m1/s1. The van der Waals surface area contributed by atoms with Crippen LogP contribution in [0.1, 0.15) is 49.7 Å². The van der Waals surface area contributed by atoms with Crippen LogP contribution in [-0.4, -0.2) is 61.6 Å². The third-order valence-corrected chi connectivity index (χ3v) is 9.08. The molecule has 1 aromatic carbocycles. The number of ether oxygens (including phenoxy) is 2. The minimum Gasteiger partial charge on any atom is -0.496 e. The summed E-state index contributed by atoms with van der Waals surface area (Å²) >= 11 is 0. The molecule has 0 spiro atoms. The zero-order valence-corrected chi connectivity index (χ0v) is 21.5. The van der Waals surface area contributed by atoms with Gasteiger partial charge in [0.15, 0.2) is 0 Å². The molecule has 4 heterocycles. The van der Waals surface area contributed by atoms with Gasteiger partial charge in [-0.3, -0.25) is 9.69 Å². The van der Waals surface area contributed by atoms with Gasteiger partial charge in [0.2, 0.25) is 5.91 Å². The van der Waals surface area contributed by atoms with Crippen molar-refractivity contribution < 1.29 is 18.7 Å². The fourth-order valence-electron chi connectivity index (χ4n) is 7.47. The topological polar surface area (TPSA) is 72.2 Å². The summed E-state index contributed by atoms with van der Waals surface area (Å²) in [5.41, 5.74) is 2.55. The van der Waals surface area contributed by atoms with Crippen molar-refractivity contribution in [2.45, 2.75) is 64.0 Å². The van der Waals surface area contributed by atoms with E-state index < -0.39 is 5.63 Å². The average Bonchev–Trinajstić information content (AvgIpc) is 2.89. The first-order valence-electron chi connectivity index (χ1n) is 13.4. The van der Waals surface area contributed by atoms with Gasteiger partial charge in [0.25, 0.3) is 0 Å². The summed E-state index contributed by atoms with van der Waals surface area (Å²) in [6, 6.07) is 4.32. The molecular formula is C29H36N2O5. The number of nitrogens with zero attached hydrogens (tertiary/aromatic N) is 2. The lowest BCUT2D eigenvalue weighted by atomic mass is 9.68. The summed E-state index contributed by atoms with van der Waals surface area (Å²) in [5, 5.41) is 0.712. The summed E-state index contributed by atoms with van der Waals surface area (Å²) in [4.78, 5) is 31.6. The first kappa shape index (κ1) is 23.6. The maximum atomic E-state index is 13.8. The molecule has 7 heteroatoms. The highest BCUT2D eigenvalue weighted by Gasteiger charge is 2.46. The van der Waals surface area contributed by atoms with Crippen LogP contribution >= 0.6 is 0 Å². The Morgan fingerprint density at radius 1 is 1.14 bits per heavy atom. The highest BCUT2D eigenvalue weighted by Crippen LogP contribution is 2.45. The van der Waals surface area contributed by atoms with Gasteiger partial charge in [0, 0.05) is 31.3 Å². The molecule has 2 bridgehead atoms. The molecule has 3 aliphatic heterocycles. The molecule has 0 radical (unpaired) electrons. The lowest BCUT2D eigenvalue weighted by molar-refractivity contribution is -0.135. The third-order valence-electron chi connectivity index (χ3n) is 9.08. The Labute approximate surface area is 212 Å². The van der Waals surface area contributed by atoms with E-state index in [0.29, 0.717) is 45.9 Å². The summed E-state index contributed by atoms with van der Waals surface area (Å²) in [7, 11) is 3.14. The van der Waals surface area contributed by atoms with Crippen molar-refractivity contribution in [1.82, 2.24) is 9.80 Å². The van der Waals surface area contributed by atoms with Crippen molar-refractivity contribution in [2.24, 2.45) is 11.8 Å². The van der Waals surface area contributed by atoms with Gasteiger partial charge in [-0.15, -0.1) is 0 Å². The van der Waals surface area contributed by atoms with Crippen LogP contribution in [0, 0.1) is 18.8 Å². The summed E-state index contributed by atoms with van der Waals surface area (Å²) in [5.74, 6) is 2.25. The van der Waals surface area contributed by atoms with E-state index >= 15 is 0 Å². The zero-order chi connectivity index (χ0) is 25.0. The second kappa shape index (κ2) is 9.25. The number of carbonyl (C=O) groups is 1. The smallest absolute Gasteiger partial charge is 0.340 e. The molecule has 1 aliphatic carbocycles. The van der Waals surface area contributed by atoms with E-state index in [0.717, 1.165) is 31.5 Å². The lowest BCUT2D eigenvalue weighted by Crippen LogP contribution is -2.60. The molecule has 1 aromatic heterocycles. The SMILES string of the molecule is COc1cc(OC)c2c(C)c(CC(=O)N3CCCC4=C[C@@H]5C[C@@H](CN6CCCC[C@H]56)[C@@H]43)c(=O)oc2c1. The first-order chi connectivity index (χ1) is 17.5. The van der Waals surface area contributed by atoms with Crippen LogP contribution in [0.15, 0.2) is 33.0 Å². The molecule has 0 N–H and O–H groups in total. The van der Waals surface area contributed by atoms with E-state index in [9.17, 15) is 9.59 Å². The predicted molar refractivity (Wildman–Crippen MR) is 138 cm³/mol. The van der Waals surface area contributed by atoms with Crippen molar-refractivity contribution in [3.05, 3.63) is 45.3 Å².